The Hall–Kier alpha value is -1.71. The van der Waals surface area contributed by atoms with Crippen LogP contribution in [0.25, 0.3) is 0 Å². The molecule has 0 radical (unpaired) electrons. The van der Waals surface area contributed by atoms with Crippen molar-refractivity contribution in [2.24, 2.45) is 0 Å². The van der Waals surface area contributed by atoms with E-state index in [2.05, 4.69) is 0 Å². The van der Waals surface area contributed by atoms with Crippen LogP contribution in [0.2, 0.25) is 0 Å². The summed E-state index contributed by atoms with van der Waals surface area (Å²) >= 11 is 0. The molecule has 4 nitrogen and oxygen atoms in total. The van der Waals surface area contributed by atoms with E-state index in [1.807, 2.05) is 25.1 Å². The van der Waals surface area contributed by atoms with Crippen molar-refractivity contribution in [2.45, 2.75) is 25.7 Å². The van der Waals surface area contributed by atoms with Crippen LogP contribution in [-0.4, -0.2) is 25.3 Å². The highest BCUT2D eigenvalue weighted by Gasteiger charge is 2.13. The molecule has 1 N–H and O–H groups in total. The maximum absolute atomic E-state index is 10.5. The summed E-state index contributed by atoms with van der Waals surface area (Å²) in [6, 6.07) is 5.59. The van der Waals surface area contributed by atoms with Gasteiger partial charge in [-0.25, -0.2) is 0 Å². The summed E-state index contributed by atoms with van der Waals surface area (Å²) in [6.07, 6.45) is 0.758. The van der Waals surface area contributed by atoms with Crippen molar-refractivity contribution in [1.82, 2.24) is 0 Å². The van der Waals surface area contributed by atoms with Crippen LogP contribution < -0.4 is 9.47 Å². The number of rotatable bonds is 6. The molecule has 1 aromatic rings. The molecule has 1 aromatic carbocycles. The van der Waals surface area contributed by atoms with Crippen LogP contribution in [0.1, 0.15) is 31.2 Å². The van der Waals surface area contributed by atoms with Gasteiger partial charge in [-0.15, -0.1) is 0 Å². The van der Waals surface area contributed by atoms with Crippen LogP contribution in [0.15, 0.2) is 18.2 Å². The Morgan fingerprint density at radius 3 is 2.59 bits per heavy atom. The molecule has 0 bridgehead atoms. The molecule has 94 valence electrons. The van der Waals surface area contributed by atoms with Gasteiger partial charge in [-0.2, -0.15) is 0 Å². The Morgan fingerprint density at radius 1 is 1.35 bits per heavy atom. The summed E-state index contributed by atoms with van der Waals surface area (Å²) in [5.41, 5.74) is 1.01. The van der Waals surface area contributed by atoms with Crippen LogP contribution >= 0.6 is 0 Å². The third kappa shape index (κ3) is 3.66. The highest BCUT2D eigenvalue weighted by molar-refractivity contribution is 5.66. The van der Waals surface area contributed by atoms with Crippen molar-refractivity contribution in [2.75, 3.05) is 14.2 Å². The molecular formula is C13H18O4. The van der Waals surface area contributed by atoms with Crippen molar-refractivity contribution in [3.63, 3.8) is 0 Å². The summed E-state index contributed by atoms with van der Waals surface area (Å²) in [5, 5.41) is 8.67. The van der Waals surface area contributed by atoms with Gasteiger partial charge in [0, 0.05) is 12.5 Å². The molecule has 1 atom stereocenters. The lowest BCUT2D eigenvalue weighted by Crippen LogP contribution is -2.02. The average Bonchev–Trinajstić information content (AvgIpc) is 2.34. The Labute approximate surface area is 101 Å². The van der Waals surface area contributed by atoms with E-state index < -0.39 is 5.97 Å². The minimum absolute atomic E-state index is 0.145. The fraction of sp³-hybridized carbons (Fsp3) is 0.462. The SMILES string of the molecule is COc1ccc(C(C)CCC(=O)O)c(OC)c1. The molecule has 0 amide bonds. The van der Waals surface area contributed by atoms with Crippen LogP contribution in [0.4, 0.5) is 0 Å². The lowest BCUT2D eigenvalue weighted by atomic mass is 9.95. The maximum atomic E-state index is 10.5. The number of aliphatic carboxylic acids is 1. The number of methoxy groups -OCH3 is 2. The predicted molar refractivity (Wildman–Crippen MR) is 64.8 cm³/mol. The largest absolute Gasteiger partial charge is 0.497 e. The third-order valence-electron chi connectivity index (χ3n) is 2.76. The fourth-order valence-electron chi connectivity index (χ4n) is 1.72. The highest BCUT2D eigenvalue weighted by Crippen LogP contribution is 2.32. The quantitative estimate of drug-likeness (QED) is 0.827. The molecule has 17 heavy (non-hydrogen) atoms. The molecule has 4 heteroatoms. The van der Waals surface area contributed by atoms with E-state index in [4.69, 9.17) is 14.6 Å². The molecular weight excluding hydrogens is 220 g/mol. The van der Waals surface area contributed by atoms with E-state index in [0.29, 0.717) is 6.42 Å². The molecule has 1 rings (SSSR count). The smallest absolute Gasteiger partial charge is 0.303 e. The number of carboxylic acids is 1. The van der Waals surface area contributed by atoms with Crippen LogP contribution in [0.5, 0.6) is 11.5 Å². The Balaban J connectivity index is 2.84. The van der Waals surface area contributed by atoms with Crippen molar-refractivity contribution >= 4 is 5.97 Å². The van der Waals surface area contributed by atoms with Gasteiger partial charge in [0.25, 0.3) is 0 Å². The zero-order chi connectivity index (χ0) is 12.8. The second-order valence-electron chi connectivity index (χ2n) is 3.94. The van der Waals surface area contributed by atoms with Crippen LogP contribution in [0, 0.1) is 0 Å². The van der Waals surface area contributed by atoms with E-state index in [-0.39, 0.29) is 12.3 Å². The molecule has 0 saturated carbocycles. The zero-order valence-corrected chi connectivity index (χ0v) is 10.4. The van der Waals surface area contributed by atoms with Crippen molar-refractivity contribution in [3.05, 3.63) is 23.8 Å². The molecule has 0 fully saturated rings. The maximum Gasteiger partial charge on any atom is 0.303 e. The van der Waals surface area contributed by atoms with E-state index in [1.54, 1.807) is 14.2 Å². The summed E-state index contributed by atoms with van der Waals surface area (Å²) in [4.78, 5) is 10.5. The first-order valence-electron chi connectivity index (χ1n) is 5.52. The first kappa shape index (κ1) is 13.4. The summed E-state index contributed by atoms with van der Waals surface area (Å²) in [6.45, 7) is 1.99. The van der Waals surface area contributed by atoms with Crippen molar-refractivity contribution in [1.29, 1.82) is 0 Å². The topological polar surface area (TPSA) is 55.8 Å². The Kier molecular flexibility index (Phi) is 4.82. The first-order valence-corrected chi connectivity index (χ1v) is 5.52. The highest BCUT2D eigenvalue weighted by atomic mass is 16.5. The van der Waals surface area contributed by atoms with Gasteiger partial charge in [-0.05, 0) is 24.0 Å². The minimum Gasteiger partial charge on any atom is -0.497 e. The molecule has 0 aliphatic rings. The van der Waals surface area contributed by atoms with Gasteiger partial charge < -0.3 is 14.6 Å². The van der Waals surface area contributed by atoms with Gasteiger partial charge in [-0.3, -0.25) is 4.79 Å². The van der Waals surface area contributed by atoms with E-state index >= 15 is 0 Å². The van der Waals surface area contributed by atoms with Gasteiger partial charge in [0.2, 0.25) is 0 Å². The molecule has 0 heterocycles. The lowest BCUT2D eigenvalue weighted by Gasteiger charge is -2.15. The lowest BCUT2D eigenvalue weighted by molar-refractivity contribution is -0.137. The summed E-state index contributed by atoms with van der Waals surface area (Å²) in [5.74, 6) is 0.842. The van der Waals surface area contributed by atoms with E-state index in [9.17, 15) is 4.79 Å². The van der Waals surface area contributed by atoms with Gasteiger partial charge in [0.15, 0.2) is 0 Å². The standard InChI is InChI=1S/C13H18O4/c1-9(4-7-13(14)15)11-6-5-10(16-2)8-12(11)17-3/h5-6,8-9H,4,7H2,1-3H3,(H,14,15). The number of carboxylic acid groups (broad SMARTS) is 1. The second-order valence-corrected chi connectivity index (χ2v) is 3.94. The normalized spacial score (nSPS) is 11.9. The second kappa shape index (κ2) is 6.13. The predicted octanol–water partition coefficient (Wildman–Crippen LogP) is 2.67. The molecule has 0 aliphatic heterocycles. The summed E-state index contributed by atoms with van der Waals surface area (Å²) in [7, 11) is 3.20. The third-order valence-corrected chi connectivity index (χ3v) is 2.76. The molecule has 1 unspecified atom stereocenters. The van der Waals surface area contributed by atoms with E-state index in [0.717, 1.165) is 17.1 Å². The molecule has 0 aliphatic carbocycles. The Morgan fingerprint density at radius 2 is 2.06 bits per heavy atom. The molecule has 0 aromatic heterocycles. The fourth-order valence-corrected chi connectivity index (χ4v) is 1.72. The first-order chi connectivity index (χ1) is 8.08. The van der Waals surface area contributed by atoms with Gasteiger partial charge in [0.05, 0.1) is 14.2 Å². The van der Waals surface area contributed by atoms with Crippen molar-refractivity contribution in [3.8, 4) is 11.5 Å². The monoisotopic (exact) mass is 238 g/mol. The van der Waals surface area contributed by atoms with Gasteiger partial charge in [-0.1, -0.05) is 13.0 Å². The molecule has 0 saturated heterocycles. The van der Waals surface area contributed by atoms with Gasteiger partial charge >= 0.3 is 5.97 Å². The number of hydrogen-bond acceptors (Lipinski definition) is 3. The summed E-state index contributed by atoms with van der Waals surface area (Å²) < 4.78 is 10.4. The zero-order valence-electron chi connectivity index (χ0n) is 10.4. The number of benzene rings is 1. The average molecular weight is 238 g/mol. The molecule has 0 spiro atoms. The number of carbonyl (C=O) groups is 1. The minimum atomic E-state index is -0.774. The van der Waals surface area contributed by atoms with E-state index in [1.165, 1.54) is 0 Å². The number of ether oxygens (including phenoxy) is 2. The number of hydrogen-bond donors (Lipinski definition) is 1. The Bertz CT molecular complexity index is 387. The van der Waals surface area contributed by atoms with Crippen LogP contribution in [0.3, 0.4) is 0 Å². The van der Waals surface area contributed by atoms with Crippen molar-refractivity contribution < 1.29 is 19.4 Å². The van der Waals surface area contributed by atoms with Crippen LogP contribution in [-0.2, 0) is 4.79 Å². The van der Waals surface area contributed by atoms with Gasteiger partial charge in [0.1, 0.15) is 11.5 Å².